The minimum Gasteiger partial charge on any atom is -0.212 e. The highest BCUT2D eigenvalue weighted by Crippen LogP contribution is 2.30. The van der Waals surface area contributed by atoms with E-state index in [1.54, 1.807) is 24.3 Å². The molecule has 2 aromatic rings. The lowest BCUT2D eigenvalue weighted by Gasteiger charge is -2.26. The van der Waals surface area contributed by atoms with E-state index >= 15 is 0 Å². The Kier molecular flexibility index (Phi) is 4.52. The molecule has 22 heavy (non-hydrogen) atoms. The molecule has 3 rings (SSSR count). The number of aryl methyl sites for hydroxylation is 1. The summed E-state index contributed by atoms with van der Waals surface area (Å²) >= 11 is 5.83. The van der Waals surface area contributed by atoms with Crippen LogP contribution in [0.25, 0.3) is 0 Å². The Bertz CT molecular complexity index is 756. The first-order valence-electron chi connectivity index (χ1n) is 7.36. The van der Waals surface area contributed by atoms with Crippen molar-refractivity contribution in [2.24, 2.45) is 0 Å². The van der Waals surface area contributed by atoms with Crippen molar-refractivity contribution in [2.45, 2.75) is 31.1 Å². The molecule has 0 saturated carbocycles. The lowest BCUT2D eigenvalue weighted by Crippen LogP contribution is -2.31. The van der Waals surface area contributed by atoms with Gasteiger partial charge >= 0.3 is 0 Å². The number of benzene rings is 2. The zero-order chi connectivity index (χ0) is 15.6. The van der Waals surface area contributed by atoms with Crippen molar-refractivity contribution in [3.05, 3.63) is 70.2 Å². The van der Waals surface area contributed by atoms with E-state index in [1.165, 1.54) is 5.56 Å². The average molecular weight is 336 g/mol. The maximum atomic E-state index is 12.4. The van der Waals surface area contributed by atoms with Crippen LogP contribution >= 0.6 is 11.6 Å². The van der Waals surface area contributed by atoms with Gasteiger partial charge in [0, 0.05) is 11.1 Å². The zero-order valence-electron chi connectivity index (χ0n) is 12.1. The van der Waals surface area contributed by atoms with Crippen LogP contribution in [0.2, 0.25) is 5.02 Å². The van der Waals surface area contributed by atoms with E-state index in [0.29, 0.717) is 5.02 Å². The maximum absolute atomic E-state index is 12.4. The normalized spacial score (nSPS) is 18.0. The van der Waals surface area contributed by atoms with Gasteiger partial charge in [-0.3, -0.25) is 0 Å². The summed E-state index contributed by atoms with van der Waals surface area (Å²) in [6.07, 6.45) is 2.87. The van der Waals surface area contributed by atoms with Crippen molar-refractivity contribution in [1.29, 1.82) is 0 Å². The molecule has 0 saturated heterocycles. The van der Waals surface area contributed by atoms with E-state index in [1.807, 2.05) is 18.2 Å². The quantitative estimate of drug-likeness (QED) is 0.922. The highest BCUT2D eigenvalue weighted by Gasteiger charge is 2.24. The van der Waals surface area contributed by atoms with Crippen molar-refractivity contribution in [2.75, 3.05) is 0 Å². The van der Waals surface area contributed by atoms with Crippen LogP contribution in [-0.4, -0.2) is 8.42 Å². The van der Waals surface area contributed by atoms with E-state index in [9.17, 15) is 8.42 Å². The highest BCUT2D eigenvalue weighted by atomic mass is 35.5. The highest BCUT2D eigenvalue weighted by molar-refractivity contribution is 7.88. The molecule has 0 heterocycles. The Balaban J connectivity index is 1.76. The SMILES string of the molecule is O=S(=O)(Cc1ccc(Cl)cc1)N[C@@H]1CCCc2ccccc21. The van der Waals surface area contributed by atoms with Crippen LogP contribution in [-0.2, 0) is 22.2 Å². The zero-order valence-corrected chi connectivity index (χ0v) is 13.7. The van der Waals surface area contributed by atoms with Gasteiger partial charge in [0.25, 0.3) is 0 Å². The number of halogens is 1. The number of rotatable bonds is 4. The van der Waals surface area contributed by atoms with Gasteiger partial charge in [0.1, 0.15) is 0 Å². The summed E-state index contributed by atoms with van der Waals surface area (Å²) < 4.78 is 27.7. The van der Waals surface area contributed by atoms with Crippen LogP contribution in [0.3, 0.4) is 0 Å². The number of fused-ring (bicyclic) bond motifs is 1. The third-order valence-electron chi connectivity index (χ3n) is 3.96. The Morgan fingerprint density at radius 1 is 1.09 bits per heavy atom. The topological polar surface area (TPSA) is 46.2 Å². The molecular formula is C17H18ClNO2S. The summed E-state index contributed by atoms with van der Waals surface area (Å²) in [6.45, 7) is 0. The van der Waals surface area contributed by atoms with Crippen LogP contribution in [0.4, 0.5) is 0 Å². The van der Waals surface area contributed by atoms with Crippen LogP contribution in [0.5, 0.6) is 0 Å². The monoisotopic (exact) mass is 335 g/mol. The largest absolute Gasteiger partial charge is 0.216 e. The molecule has 0 bridgehead atoms. The van der Waals surface area contributed by atoms with Crippen molar-refractivity contribution in [3.8, 4) is 0 Å². The molecule has 1 aliphatic rings. The molecule has 1 atom stereocenters. The van der Waals surface area contributed by atoms with Crippen molar-refractivity contribution in [1.82, 2.24) is 4.72 Å². The maximum Gasteiger partial charge on any atom is 0.216 e. The third kappa shape index (κ3) is 3.69. The summed E-state index contributed by atoms with van der Waals surface area (Å²) in [5.41, 5.74) is 3.09. The standard InChI is InChI=1S/C17H18ClNO2S/c18-15-10-8-13(9-11-15)12-22(20,21)19-17-7-3-5-14-4-1-2-6-16(14)17/h1-2,4,6,8-11,17,19H,3,5,7,12H2/t17-/m1/s1. The Labute approximate surface area is 136 Å². The fraction of sp³-hybridized carbons (Fsp3) is 0.294. The second-order valence-corrected chi connectivity index (χ2v) is 7.84. The Morgan fingerprint density at radius 2 is 1.82 bits per heavy atom. The molecular weight excluding hydrogens is 318 g/mol. The predicted octanol–water partition coefficient (Wildman–Crippen LogP) is 3.84. The number of hydrogen-bond donors (Lipinski definition) is 1. The summed E-state index contributed by atoms with van der Waals surface area (Å²) in [6, 6.07) is 14.9. The van der Waals surface area contributed by atoms with Crippen molar-refractivity contribution < 1.29 is 8.42 Å². The molecule has 0 fully saturated rings. The Morgan fingerprint density at radius 3 is 2.59 bits per heavy atom. The predicted molar refractivity (Wildman–Crippen MR) is 89.3 cm³/mol. The van der Waals surface area contributed by atoms with Gasteiger partial charge in [0.05, 0.1) is 5.75 Å². The smallest absolute Gasteiger partial charge is 0.212 e. The first-order chi connectivity index (χ1) is 10.5. The minimum atomic E-state index is -3.38. The number of sulfonamides is 1. The third-order valence-corrected chi connectivity index (χ3v) is 5.57. The van der Waals surface area contributed by atoms with Gasteiger partial charge < -0.3 is 0 Å². The second-order valence-electron chi connectivity index (χ2n) is 5.65. The van der Waals surface area contributed by atoms with Crippen molar-refractivity contribution >= 4 is 21.6 Å². The molecule has 0 radical (unpaired) electrons. The fourth-order valence-corrected chi connectivity index (χ4v) is 4.45. The molecule has 3 nitrogen and oxygen atoms in total. The summed E-state index contributed by atoms with van der Waals surface area (Å²) in [5, 5.41) is 0.607. The summed E-state index contributed by atoms with van der Waals surface area (Å²) in [4.78, 5) is 0. The van der Waals surface area contributed by atoms with E-state index in [-0.39, 0.29) is 11.8 Å². The van der Waals surface area contributed by atoms with E-state index in [0.717, 1.165) is 30.4 Å². The van der Waals surface area contributed by atoms with E-state index < -0.39 is 10.0 Å². The molecule has 0 unspecified atom stereocenters. The molecule has 1 N–H and O–H groups in total. The van der Waals surface area contributed by atoms with Gasteiger partial charge in [-0.25, -0.2) is 13.1 Å². The van der Waals surface area contributed by atoms with Gasteiger partial charge in [0.2, 0.25) is 10.0 Å². The average Bonchev–Trinajstić information content (AvgIpc) is 2.49. The molecule has 1 aliphatic carbocycles. The van der Waals surface area contributed by atoms with Crippen LogP contribution in [0.15, 0.2) is 48.5 Å². The van der Waals surface area contributed by atoms with Gasteiger partial charge in [0.15, 0.2) is 0 Å². The molecule has 0 aliphatic heterocycles. The molecule has 5 heteroatoms. The second kappa shape index (κ2) is 6.41. The van der Waals surface area contributed by atoms with E-state index in [2.05, 4.69) is 10.8 Å². The molecule has 2 aromatic carbocycles. The molecule has 0 spiro atoms. The van der Waals surface area contributed by atoms with Crippen LogP contribution in [0, 0.1) is 0 Å². The van der Waals surface area contributed by atoms with E-state index in [4.69, 9.17) is 11.6 Å². The minimum absolute atomic E-state index is 0.0250. The fourth-order valence-electron chi connectivity index (χ4n) is 2.93. The Hall–Kier alpha value is -1.36. The van der Waals surface area contributed by atoms with Crippen molar-refractivity contribution in [3.63, 3.8) is 0 Å². The molecule has 0 aromatic heterocycles. The molecule has 116 valence electrons. The van der Waals surface area contributed by atoms with Crippen LogP contribution in [0.1, 0.15) is 35.6 Å². The summed E-state index contributed by atoms with van der Waals surface area (Å²) in [7, 11) is -3.38. The van der Waals surface area contributed by atoms with Gasteiger partial charge in [-0.05, 0) is 48.1 Å². The van der Waals surface area contributed by atoms with Gasteiger partial charge in [-0.2, -0.15) is 0 Å². The number of nitrogens with one attached hydrogen (secondary N) is 1. The summed E-state index contributed by atoms with van der Waals surface area (Å²) in [5.74, 6) is -0.0250. The lowest BCUT2D eigenvalue weighted by atomic mass is 9.88. The van der Waals surface area contributed by atoms with Crippen LogP contribution < -0.4 is 4.72 Å². The van der Waals surface area contributed by atoms with Gasteiger partial charge in [-0.1, -0.05) is 48.0 Å². The van der Waals surface area contributed by atoms with Gasteiger partial charge in [-0.15, -0.1) is 0 Å². The first-order valence-corrected chi connectivity index (χ1v) is 9.39. The lowest BCUT2D eigenvalue weighted by molar-refractivity contribution is 0.507. The first kappa shape index (κ1) is 15.5. The number of hydrogen-bond acceptors (Lipinski definition) is 2. The molecule has 0 amide bonds.